The average molecular weight is 371 g/mol. The van der Waals surface area contributed by atoms with Gasteiger partial charge in [0.2, 0.25) is 0 Å². The molecule has 0 spiro atoms. The summed E-state index contributed by atoms with van der Waals surface area (Å²) < 4.78 is 5.23. The number of fused-ring (bicyclic) bond motifs is 1. The fraction of sp³-hybridized carbons (Fsp3) is 0.476. The minimum absolute atomic E-state index is 0.149. The number of hydrogen-bond donors (Lipinski definition) is 0. The van der Waals surface area contributed by atoms with Crippen molar-refractivity contribution in [2.24, 2.45) is 5.92 Å². The van der Waals surface area contributed by atoms with Crippen molar-refractivity contribution in [1.82, 2.24) is 9.80 Å². The molecular formula is C21H26N2O2S. The smallest absolute Gasteiger partial charge is 0.254 e. The molecule has 0 N–H and O–H groups in total. The molecule has 0 saturated carbocycles. The monoisotopic (exact) mass is 370 g/mol. The molecular weight excluding hydrogens is 344 g/mol. The van der Waals surface area contributed by atoms with Crippen LogP contribution in [0.2, 0.25) is 0 Å². The van der Waals surface area contributed by atoms with Gasteiger partial charge < -0.3 is 14.5 Å². The van der Waals surface area contributed by atoms with Crippen molar-refractivity contribution in [2.45, 2.75) is 25.3 Å². The molecule has 138 valence electrons. The maximum atomic E-state index is 13.3. The Morgan fingerprint density at radius 2 is 1.85 bits per heavy atom. The van der Waals surface area contributed by atoms with Gasteiger partial charge >= 0.3 is 0 Å². The van der Waals surface area contributed by atoms with Gasteiger partial charge in [-0.1, -0.05) is 0 Å². The second-order valence-corrected chi connectivity index (χ2v) is 8.32. The van der Waals surface area contributed by atoms with E-state index in [9.17, 15) is 4.79 Å². The van der Waals surface area contributed by atoms with Crippen molar-refractivity contribution in [3.05, 3.63) is 51.7 Å². The van der Waals surface area contributed by atoms with E-state index < -0.39 is 0 Å². The topological polar surface area (TPSA) is 32.8 Å². The maximum absolute atomic E-state index is 13.3. The summed E-state index contributed by atoms with van der Waals surface area (Å²) in [6, 6.07) is 9.99. The Morgan fingerprint density at radius 3 is 2.54 bits per heavy atom. The van der Waals surface area contributed by atoms with Crippen LogP contribution < -0.4 is 4.74 Å². The summed E-state index contributed by atoms with van der Waals surface area (Å²) >= 11 is 1.82. The van der Waals surface area contributed by atoms with Gasteiger partial charge in [-0.2, -0.15) is 0 Å². The van der Waals surface area contributed by atoms with E-state index in [0.29, 0.717) is 5.92 Å². The molecule has 0 radical (unpaired) electrons. The lowest BCUT2D eigenvalue weighted by Crippen LogP contribution is -2.45. The number of likely N-dealkylation sites (tertiary alicyclic amines) is 1. The lowest BCUT2D eigenvalue weighted by Gasteiger charge is -2.43. The van der Waals surface area contributed by atoms with Crippen LogP contribution in [0.4, 0.5) is 0 Å². The van der Waals surface area contributed by atoms with E-state index in [4.69, 9.17) is 4.74 Å². The minimum Gasteiger partial charge on any atom is -0.497 e. The number of amides is 1. The molecule has 1 unspecified atom stereocenters. The Labute approximate surface area is 159 Å². The highest BCUT2D eigenvalue weighted by atomic mass is 32.1. The molecule has 4 rings (SSSR count). The molecule has 1 saturated heterocycles. The van der Waals surface area contributed by atoms with Crippen LogP contribution in [0.1, 0.15) is 39.7 Å². The van der Waals surface area contributed by atoms with Crippen molar-refractivity contribution in [3.63, 3.8) is 0 Å². The van der Waals surface area contributed by atoms with Crippen LogP contribution in [0, 0.1) is 5.92 Å². The Morgan fingerprint density at radius 1 is 1.12 bits per heavy atom. The number of ether oxygens (including phenoxy) is 1. The Balaban J connectivity index is 1.63. The highest BCUT2D eigenvalue weighted by Gasteiger charge is 2.38. The standard InChI is InChI=1S/C21H26N2O2S/c1-22-11-7-15(8-12-22)19-20-16(10-14-26-20)9-13-23(19)21(24)17-3-5-18(25-2)6-4-17/h3-6,10,14-15,19H,7-9,11-13H2,1-2H3. The minimum atomic E-state index is 0.149. The largest absolute Gasteiger partial charge is 0.497 e. The van der Waals surface area contributed by atoms with E-state index in [1.54, 1.807) is 7.11 Å². The molecule has 1 fully saturated rings. The zero-order valence-corrected chi connectivity index (χ0v) is 16.3. The van der Waals surface area contributed by atoms with Gasteiger partial charge in [0.05, 0.1) is 13.2 Å². The van der Waals surface area contributed by atoms with Crippen molar-refractivity contribution in [1.29, 1.82) is 0 Å². The van der Waals surface area contributed by atoms with Crippen LogP contribution in [0.15, 0.2) is 35.7 Å². The number of carbonyl (C=O) groups excluding carboxylic acids is 1. The molecule has 1 aromatic heterocycles. The SMILES string of the molecule is COc1ccc(C(=O)N2CCc3ccsc3C2C2CCN(C)CC2)cc1. The summed E-state index contributed by atoms with van der Waals surface area (Å²) in [4.78, 5) is 19.3. The van der Waals surface area contributed by atoms with Crippen LogP contribution in [0.25, 0.3) is 0 Å². The van der Waals surface area contributed by atoms with Crippen LogP contribution in [0.5, 0.6) is 5.75 Å². The third-order valence-corrected chi connectivity index (χ3v) is 6.84. The van der Waals surface area contributed by atoms with Crippen molar-refractivity contribution in [2.75, 3.05) is 33.8 Å². The summed E-state index contributed by atoms with van der Waals surface area (Å²) in [5, 5.41) is 2.19. The number of rotatable bonds is 3. The Kier molecular flexibility index (Phi) is 5.00. The molecule has 2 aromatic rings. The van der Waals surface area contributed by atoms with Crippen molar-refractivity contribution < 1.29 is 9.53 Å². The zero-order valence-electron chi connectivity index (χ0n) is 15.5. The highest BCUT2D eigenvalue weighted by molar-refractivity contribution is 7.10. The number of hydrogen-bond acceptors (Lipinski definition) is 4. The van der Waals surface area contributed by atoms with Gasteiger partial charge in [0.15, 0.2) is 0 Å². The van der Waals surface area contributed by atoms with Gasteiger partial charge in [0.25, 0.3) is 5.91 Å². The first-order valence-corrected chi connectivity index (χ1v) is 10.2. The number of benzene rings is 1. The van der Waals surface area contributed by atoms with E-state index >= 15 is 0 Å². The first-order valence-electron chi connectivity index (χ1n) is 9.37. The fourth-order valence-electron chi connectivity index (χ4n) is 4.28. The van der Waals surface area contributed by atoms with Crippen molar-refractivity contribution in [3.8, 4) is 5.75 Å². The summed E-state index contributed by atoms with van der Waals surface area (Å²) in [6.45, 7) is 3.05. The normalized spacial score (nSPS) is 21.5. The molecule has 0 aliphatic carbocycles. The molecule has 4 nitrogen and oxygen atoms in total. The number of thiophene rings is 1. The van der Waals surface area contributed by atoms with Gasteiger partial charge in [-0.3, -0.25) is 4.79 Å². The maximum Gasteiger partial charge on any atom is 0.254 e. The first-order chi connectivity index (χ1) is 12.7. The number of carbonyl (C=O) groups is 1. The third kappa shape index (κ3) is 3.26. The first kappa shape index (κ1) is 17.6. The van der Waals surface area contributed by atoms with Gasteiger partial charge in [-0.05, 0) is 86.6 Å². The predicted molar refractivity (Wildman–Crippen MR) is 105 cm³/mol. The fourth-order valence-corrected chi connectivity index (χ4v) is 5.43. The number of nitrogens with zero attached hydrogens (tertiary/aromatic N) is 2. The molecule has 1 atom stereocenters. The lowest BCUT2D eigenvalue weighted by molar-refractivity contribution is 0.0510. The van der Waals surface area contributed by atoms with E-state index in [0.717, 1.165) is 50.2 Å². The predicted octanol–water partition coefficient (Wildman–Crippen LogP) is 3.84. The van der Waals surface area contributed by atoms with E-state index in [1.807, 2.05) is 35.6 Å². The summed E-state index contributed by atoms with van der Waals surface area (Å²) in [7, 11) is 3.84. The highest BCUT2D eigenvalue weighted by Crippen LogP contribution is 2.43. The Bertz CT molecular complexity index is 763. The van der Waals surface area contributed by atoms with E-state index in [1.165, 1.54) is 10.4 Å². The number of piperidine rings is 1. The second-order valence-electron chi connectivity index (χ2n) is 7.37. The summed E-state index contributed by atoms with van der Waals surface area (Å²) in [5.41, 5.74) is 2.20. The summed E-state index contributed by atoms with van der Waals surface area (Å²) in [5.74, 6) is 1.48. The second kappa shape index (κ2) is 7.41. The average Bonchev–Trinajstić information content (AvgIpc) is 3.16. The van der Waals surface area contributed by atoms with Crippen LogP contribution in [0.3, 0.4) is 0 Å². The molecule has 2 aliphatic rings. The molecule has 0 bridgehead atoms. The van der Waals surface area contributed by atoms with Crippen molar-refractivity contribution >= 4 is 17.2 Å². The lowest BCUT2D eigenvalue weighted by atomic mass is 9.84. The van der Waals surface area contributed by atoms with E-state index in [-0.39, 0.29) is 11.9 Å². The Hall–Kier alpha value is -1.85. The molecule has 1 amide bonds. The van der Waals surface area contributed by atoms with E-state index in [2.05, 4.69) is 28.3 Å². The third-order valence-electron chi connectivity index (χ3n) is 5.81. The molecule has 1 aromatic carbocycles. The number of methoxy groups -OCH3 is 1. The molecule has 26 heavy (non-hydrogen) atoms. The summed E-state index contributed by atoms with van der Waals surface area (Å²) in [6.07, 6.45) is 3.28. The van der Waals surface area contributed by atoms with Gasteiger partial charge in [-0.25, -0.2) is 0 Å². The molecule has 5 heteroatoms. The van der Waals surface area contributed by atoms with Crippen LogP contribution in [-0.4, -0.2) is 49.5 Å². The van der Waals surface area contributed by atoms with Crippen LogP contribution in [-0.2, 0) is 6.42 Å². The molecule has 3 heterocycles. The zero-order chi connectivity index (χ0) is 18.1. The van der Waals surface area contributed by atoms with Crippen LogP contribution >= 0.6 is 11.3 Å². The molecule has 2 aliphatic heterocycles. The van der Waals surface area contributed by atoms with Gasteiger partial charge in [0, 0.05) is 17.0 Å². The van der Waals surface area contributed by atoms with Gasteiger partial charge in [-0.15, -0.1) is 11.3 Å². The quantitative estimate of drug-likeness (QED) is 0.823. The van der Waals surface area contributed by atoms with Gasteiger partial charge in [0.1, 0.15) is 5.75 Å².